The van der Waals surface area contributed by atoms with Gasteiger partial charge in [-0.3, -0.25) is 0 Å². The van der Waals surface area contributed by atoms with Gasteiger partial charge in [-0.2, -0.15) is 0 Å². The Bertz CT molecular complexity index is 403. The fraction of sp³-hybridized carbons (Fsp3) is 0.688. The number of allylic oxidation sites excluding steroid dienone is 2. The Morgan fingerprint density at radius 3 is 2.56 bits per heavy atom. The molecule has 1 unspecified atom stereocenters. The highest BCUT2D eigenvalue weighted by atomic mass is 16.5. The molecule has 0 aromatic rings. The number of ether oxygens (including phenoxy) is 1. The van der Waals surface area contributed by atoms with Crippen LogP contribution in [0.15, 0.2) is 23.8 Å². The first-order valence-corrected chi connectivity index (χ1v) is 6.88. The molecule has 0 amide bonds. The molecule has 0 saturated heterocycles. The molecule has 0 aromatic heterocycles. The van der Waals surface area contributed by atoms with Crippen molar-refractivity contribution in [1.29, 1.82) is 0 Å². The SMILES string of the molecule is C=C1CCCC(C)(C)C12CC=C(C(=O)OC)CC2. The molecule has 0 N–H and O–H groups in total. The van der Waals surface area contributed by atoms with Gasteiger partial charge in [-0.15, -0.1) is 0 Å². The highest BCUT2D eigenvalue weighted by molar-refractivity contribution is 5.88. The van der Waals surface area contributed by atoms with Gasteiger partial charge < -0.3 is 4.74 Å². The van der Waals surface area contributed by atoms with E-state index in [1.54, 1.807) is 0 Å². The summed E-state index contributed by atoms with van der Waals surface area (Å²) in [6.45, 7) is 9.04. The maximum Gasteiger partial charge on any atom is 0.333 e. The van der Waals surface area contributed by atoms with E-state index in [-0.39, 0.29) is 11.4 Å². The van der Waals surface area contributed by atoms with Crippen LogP contribution in [-0.2, 0) is 9.53 Å². The summed E-state index contributed by atoms with van der Waals surface area (Å²) in [7, 11) is 1.46. The molecule has 18 heavy (non-hydrogen) atoms. The van der Waals surface area contributed by atoms with Crippen molar-refractivity contribution in [2.24, 2.45) is 10.8 Å². The van der Waals surface area contributed by atoms with Gasteiger partial charge >= 0.3 is 5.97 Å². The molecule has 1 fully saturated rings. The topological polar surface area (TPSA) is 26.3 Å². The number of carbonyl (C=O) groups is 1. The van der Waals surface area contributed by atoms with E-state index < -0.39 is 0 Å². The number of hydrogen-bond acceptors (Lipinski definition) is 2. The summed E-state index contributed by atoms with van der Waals surface area (Å²) >= 11 is 0. The Balaban J connectivity index is 2.26. The third-order valence-electron chi connectivity index (χ3n) is 5.22. The predicted molar refractivity (Wildman–Crippen MR) is 73.2 cm³/mol. The summed E-state index contributed by atoms with van der Waals surface area (Å²) in [6, 6.07) is 0. The number of hydrogen-bond donors (Lipinski definition) is 0. The summed E-state index contributed by atoms with van der Waals surface area (Å²) in [5, 5.41) is 0. The molecule has 2 nitrogen and oxygen atoms in total. The van der Waals surface area contributed by atoms with Crippen molar-refractivity contribution in [3.05, 3.63) is 23.8 Å². The van der Waals surface area contributed by atoms with Crippen molar-refractivity contribution in [3.63, 3.8) is 0 Å². The van der Waals surface area contributed by atoms with Crippen LogP contribution in [0.5, 0.6) is 0 Å². The molecule has 1 atom stereocenters. The van der Waals surface area contributed by atoms with Crippen LogP contribution < -0.4 is 0 Å². The highest BCUT2D eigenvalue weighted by Crippen LogP contribution is 2.59. The molecule has 0 heterocycles. The second kappa shape index (κ2) is 4.56. The molecule has 2 heteroatoms. The molecule has 0 bridgehead atoms. The Kier molecular flexibility index (Phi) is 3.39. The van der Waals surface area contributed by atoms with Crippen LogP contribution >= 0.6 is 0 Å². The van der Waals surface area contributed by atoms with Gasteiger partial charge in [-0.1, -0.05) is 32.1 Å². The van der Waals surface area contributed by atoms with Gasteiger partial charge in [0.25, 0.3) is 0 Å². The molecule has 2 aliphatic carbocycles. The number of methoxy groups -OCH3 is 1. The van der Waals surface area contributed by atoms with E-state index in [0.717, 1.165) is 31.3 Å². The van der Waals surface area contributed by atoms with Crippen molar-refractivity contribution in [1.82, 2.24) is 0 Å². The van der Waals surface area contributed by atoms with E-state index in [4.69, 9.17) is 4.74 Å². The van der Waals surface area contributed by atoms with Crippen molar-refractivity contribution in [3.8, 4) is 0 Å². The molecule has 0 radical (unpaired) electrons. The normalized spacial score (nSPS) is 31.1. The third-order valence-corrected chi connectivity index (χ3v) is 5.22. The minimum absolute atomic E-state index is 0.163. The Hall–Kier alpha value is -1.05. The first-order valence-electron chi connectivity index (χ1n) is 6.88. The second-order valence-electron chi connectivity index (χ2n) is 6.35. The van der Waals surface area contributed by atoms with E-state index in [1.807, 2.05) is 0 Å². The maximum atomic E-state index is 11.6. The van der Waals surface area contributed by atoms with E-state index in [2.05, 4.69) is 26.5 Å². The molecule has 100 valence electrons. The standard InChI is InChI=1S/C16H24O2/c1-12-6-5-9-15(2,3)16(12)10-7-13(8-11-16)14(17)18-4/h7H,1,5-6,8-11H2,2-4H3. The van der Waals surface area contributed by atoms with Crippen LogP contribution in [0.1, 0.15) is 52.4 Å². The molecule has 2 rings (SSSR count). The average molecular weight is 248 g/mol. The lowest BCUT2D eigenvalue weighted by atomic mass is 9.51. The van der Waals surface area contributed by atoms with Crippen molar-refractivity contribution < 1.29 is 9.53 Å². The molecular formula is C16H24O2. The Morgan fingerprint density at radius 2 is 2.06 bits per heavy atom. The lowest BCUT2D eigenvalue weighted by molar-refractivity contribution is -0.136. The quantitative estimate of drug-likeness (QED) is 0.517. The van der Waals surface area contributed by atoms with Crippen LogP contribution in [0.2, 0.25) is 0 Å². The van der Waals surface area contributed by atoms with Crippen LogP contribution in [-0.4, -0.2) is 13.1 Å². The lowest BCUT2D eigenvalue weighted by Gasteiger charge is -2.53. The predicted octanol–water partition coefficient (Wildman–Crippen LogP) is 4.02. The summed E-state index contributed by atoms with van der Waals surface area (Å²) in [6.07, 6.45) is 8.56. The Morgan fingerprint density at radius 1 is 1.33 bits per heavy atom. The fourth-order valence-electron chi connectivity index (χ4n) is 3.80. The van der Waals surface area contributed by atoms with Gasteiger partial charge in [0.15, 0.2) is 0 Å². The molecule has 1 saturated carbocycles. The molecule has 1 spiro atoms. The summed E-state index contributed by atoms with van der Waals surface area (Å²) in [5.41, 5.74) is 2.72. The molecular weight excluding hydrogens is 224 g/mol. The lowest BCUT2D eigenvalue weighted by Crippen LogP contribution is -2.43. The summed E-state index contributed by atoms with van der Waals surface area (Å²) in [4.78, 5) is 11.6. The minimum Gasteiger partial charge on any atom is -0.466 e. The van der Waals surface area contributed by atoms with Gasteiger partial charge in [0.1, 0.15) is 0 Å². The summed E-state index contributed by atoms with van der Waals surface area (Å²) in [5.74, 6) is -0.163. The monoisotopic (exact) mass is 248 g/mol. The second-order valence-corrected chi connectivity index (χ2v) is 6.35. The van der Waals surface area contributed by atoms with Gasteiger partial charge in [0.05, 0.1) is 7.11 Å². The molecule has 2 aliphatic rings. The van der Waals surface area contributed by atoms with Gasteiger partial charge in [-0.05, 0) is 49.4 Å². The van der Waals surface area contributed by atoms with E-state index in [1.165, 1.54) is 25.5 Å². The number of rotatable bonds is 1. The van der Waals surface area contributed by atoms with E-state index in [0.29, 0.717) is 5.41 Å². The van der Waals surface area contributed by atoms with Crippen molar-refractivity contribution in [2.75, 3.05) is 7.11 Å². The van der Waals surface area contributed by atoms with E-state index >= 15 is 0 Å². The zero-order chi connectivity index (χ0) is 13.4. The van der Waals surface area contributed by atoms with Crippen molar-refractivity contribution >= 4 is 5.97 Å². The van der Waals surface area contributed by atoms with Gasteiger partial charge in [0, 0.05) is 5.57 Å². The van der Waals surface area contributed by atoms with E-state index in [9.17, 15) is 4.79 Å². The zero-order valence-electron chi connectivity index (χ0n) is 11.8. The number of esters is 1. The smallest absolute Gasteiger partial charge is 0.333 e. The zero-order valence-corrected chi connectivity index (χ0v) is 11.8. The third kappa shape index (κ3) is 1.92. The first-order chi connectivity index (χ1) is 8.43. The minimum atomic E-state index is -0.163. The van der Waals surface area contributed by atoms with Gasteiger partial charge in [0.2, 0.25) is 0 Å². The van der Waals surface area contributed by atoms with Crippen LogP contribution in [0, 0.1) is 10.8 Å². The fourth-order valence-corrected chi connectivity index (χ4v) is 3.80. The molecule has 0 aliphatic heterocycles. The van der Waals surface area contributed by atoms with Gasteiger partial charge in [-0.25, -0.2) is 4.79 Å². The Labute approximate surface area is 110 Å². The average Bonchev–Trinajstić information content (AvgIpc) is 2.36. The van der Waals surface area contributed by atoms with Crippen LogP contribution in [0.25, 0.3) is 0 Å². The van der Waals surface area contributed by atoms with Crippen molar-refractivity contribution in [2.45, 2.75) is 52.4 Å². The van der Waals surface area contributed by atoms with Crippen LogP contribution in [0.4, 0.5) is 0 Å². The number of carbonyl (C=O) groups excluding carboxylic acids is 1. The maximum absolute atomic E-state index is 11.6. The largest absolute Gasteiger partial charge is 0.466 e. The highest BCUT2D eigenvalue weighted by Gasteiger charge is 2.49. The summed E-state index contributed by atoms with van der Waals surface area (Å²) < 4.78 is 4.81. The van der Waals surface area contributed by atoms with Crippen LogP contribution in [0.3, 0.4) is 0 Å². The molecule has 0 aromatic carbocycles. The first kappa shape index (κ1) is 13.4.